The molecular formula is C18H25ClN4O2. The van der Waals surface area contributed by atoms with Gasteiger partial charge in [0.15, 0.2) is 0 Å². The maximum Gasteiger partial charge on any atom is 0.267 e. The summed E-state index contributed by atoms with van der Waals surface area (Å²) in [5.74, 6) is 0.749. The van der Waals surface area contributed by atoms with E-state index >= 15 is 0 Å². The lowest BCUT2D eigenvalue weighted by Gasteiger charge is -2.44. The maximum absolute atomic E-state index is 11.1. The highest BCUT2D eigenvalue weighted by Crippen LogP contribution is 2.40. The Kier molecular flexibility index (Phi) is 5.93. The fourth-order valence-corrected chi connectivity index (χ4v) is 4.27. The molecule has 1 aliphatic carbocycles. The number of hydrogen-bond acceptors (Lipinski definition) is 5. The van der Waals surface area contributed by atoms with Gasteiger partial charge in [0.2, 0.25) is 0 Å². The third-order valence-electron chi connectivity index (χ3n) is 5.32. The number of anilines is 1. The number of nitrogens with zero attached hydrogens (tertiary/aromatic N) is 1. The van der Waals surface area contributed by atoms with Gasteiger partial charge in [0.1, 0.15) is 5.82 Å². The fraction of sp³-hybridized carbons (Fsp3) is 0.556. The van der Waals surface area contributed by atoms with E-state index in [0.29, 0.717) is 22.3 Å². The lowest BCUT2D eigenvalue weighted by Crippen LogP contribution is -2.55. The Morgan fingerprint density at radius 3 is 2.84 bits per heavy atom. The third-order valence-corrected chi connectivity index (χ3v) is 5.61. The molecule has 4 N–H and O–H groups in total. The number of aromatic nitrogens is 1. The molecule has 1 aliphatic heterocycles. The molecule has 0 aromatic carbocycles. The van der Waals surface area contributed by atoms with E-state index in [1.165, 1.54) is 31.8 Å². The molecule has 1 atom stereocenters. The predicted molar refractivity (Wildman–Crippen MR) is 98.6 cm³/mol. The van der Waals surface area contributed by atoms with Gasteiger partial charge >= 0.3 is 0 Å². The van der Waals surface area contributed by atoms with Crippen LogP contribution in [0.5, 0.6) is 0 Å². The molecule has 6 nitrogen and oxygen atoms in total. The van der Waals surface area contributed by atoms with Crippen molar-refractivity contribution in [3.05, 3.63) is 28.9 Å². The van der Waals surface area contributed by atoms with Gasteiger partial charge in [0.25, 0.3) is 5.91 Å². The van der Waals surface area contributed by atoms with E-state index in [2.05, 4.69) is 15.6 Å². The normalized spacial score (nSPS) is 24.6. The zero-order chi connectivity index (χ0) is 17.7. The first-order valence-electron chi connectivity index (χ1n) is 8.89. The molecule has 2 heterocycles. The zero-order valence-corrected chi connectivity index (χ0v) is 15.0. The van der Waals surface area contributed by atoms with E-state index in [1.54, 1.807) is 23.8 Å². The third kappa shape index (κ3) is 4.32. The topological polar surface area (TPSA) is 86.3 Å². The average molecular weight is 365 g/mol. The molecule has 136 valence electrons. The van der Waals surface area contributed by atoms with Gasteiger partial charge in [-0.1, -0.05) is 24.4 Å². The molecule has 1 saturated carbocycles. The molecule has 25 heavy (non-hydrogen) atoms. The van der Waals surface area contributed by atoms with Crippen LogP contribution in [0.25, 0.3) is 6.08 Å². The van der Waals surface area contributed by atoms with Crippen molar-refractivity contribution < 1.29 is 10.0 Å². The molecule has 0 radical (unpaired) electrons. The van der Waals surface area contributed by atoms with Crippen LogP contribution in [0, 0.1) is 5.92 Å². The van der Waals surface area contributed by atoms with Crippen LogP contribution in [-0.2, 0) is 4.79 Å². The van der Waals surface area contributed by atoms with E-state index in [4.69, 9.17) is 16.8 Å². The molecule has 1 saturated heterocycles. The minimum Gasteiger partial charge on any atom is -0.362 e. The Balaban J connectivity index is 1.78. The van der Waals surface area contributed by atoms with Crippen molar-refractivity contribution in [2.75, 3.05) is 18.4 Å². The summed E-state index contributed by atoms with van der Waals surface area (Å²) < 4.78 is 0. The van der Waals surface area contributed by atoms with E-state index < -0.39 is 5.91 Å². The second-order valence-electron chi connectivity index (χ2n) is 6.95. The van der Waals surface area contributed by atoms with E-state index in [1.807, 2.05) is 0 Å². The number of hydrogen-bond donors (Lipinski definition) is 4. The van der Waals surface area contributed by atoms with E-state index in [-0.39, 0.29) is 5.54 Å². The Morgan fingerprint density at radius 1 is 1.40 bits per heavy atom. The molecule has 0 spiro atoms. The minimum atomic E-state index is -0.591. The van der Waals surface area contributed by atoms with Crippen molar-refractivity contribution in [2.45, 2.75) is 44.1 Å². The van der Waals surface area contributed by atoms with E-state index in [0.717, 1.165) is 25.9 Å². The quantitative estimate of drug-likeness (QED) is 0.366. The summed E-state index contributed by atoms with van der Waals surface area (Å²) in [6, 6.07) is 1.77. The molecule has 2 fully saturated rings. The van der Waals surface area contributed by atoms with Gasteiger partial charge in [-0.2, -0.15) is 0 Å². The SMILES string of the molecule is O=C(/C=C/c1cnc(N[C@@]2(C3CCCC3)CCCNC2)c(Cl)c1)NO. The van der Waals surface area contributed by atoms with Gasteiger partial charge in [-0.3, -0.25) is 10.0 Å². The van der Waals surface area contributed by atoms with Crippen LogP contribution >= 0.6 is 11.6 Å². The molecule has 0 unspecified atom stereocenters. The second-order valence-corrected chi connectivity index (χ2v) is 7.36. The van der Waals surface area contributed by atoms with Crippen LogP contribution in [0.15, 0.2) is 18.3 Å². The zero-order valence-electron chi connectivity index (χ0n) is 14.2. The Morgan fingerprint density at radius 2 is 2.20 bits per heavy atom. The van der Waals surface area contributed by atoms with Crippen LogP contribution in [0.4, 0.5) is 5.82 Å². The molecule has 0 bridgehead atoms. The molecular weight excluding hydrogens is 340 g/mol. The summed E-state index contributed by atoms with van der Waals surface area (Å²) in [4.78, 5) is 15.5. The number of pyridine rings is 1. The number of hydroxylamine groups is 1. The van der Waals surface area contributed by atoms with Crippen LogP contribution in [0.1, 0.15) is 44.1 Å². The second kappa shape index (κ2) is 8.17. The first kappa shape index (κ1) is 18.2. The van der Waals surface area contributed by atoms with Crippen molar-refractivity contribution in [3.8, 4) is 0 Å². The molecule has 2 aliphatic rings. The molecule has 7 heteroatoms. The number of piperidine rings is 1. The lowest BCUT2D eigenvalue weighted by atomic mass is 9.77. The van der Waals surface area contributed by atoms with Gasteiger partial charge in [0, 0.05) is 18.8 Å². The summed E-state index contributed by atoms with van der Waals surface area (Å²) in [5.41, 5.74) is 2.27. The highest BCUT2D eigenvalue weighted by Gasteiger charge is 2.41. The van der Waals surface area contributed by atoms with Crippen LogP contribution in [-0.4, -0.2) is 34.7 Å². The first-order valence-corrected chi connectivity index (χ1v) is 9.27. The summed E-state index contributed by atoms with van der Waals surface area (Å²) in [6.07, 6.45) is 11.8. The molecule has 1 aromatic heterocycles. The minimum absolute atomic E-state index is 0.0134. The first-order chi connectivity index (χ1) is 12.1. The van der Waals surface area contributed by atoms with Gasteiger partial charge in [-0.15, -0.1) is 0 Å². The maximum atomic E-state index is 11.1. The molecule has 1 aromatic rings. The van der Waals surface area contributed by atoms with Crippen molar-refractivity contribution in [2.24, 2.45) is 5.92 Å². The largest absolute Gasteiger partial charge is 0.362 e. The summed E-state index contributed by atoms with van der Waals surface area (Å²) in [5, 5.41) is 16.2. The van der Waals surface area contributed by atoms with Gasteiger partial charge < -0.3 is 10.6 Å². The fourth-order valence-electron chi connectivity index (χ4n) is 4.05. The number of rotatable bonds is 5. The van der Waals surface area contributed by atoms with Gasteiger partial charge in [-0.05, 0) is 55.9 Å². The molecule has 3 rings (SSSR count). The van der Waals surface area contributed by atoms with E-state index in [9.17, 15) is 4.79 Å². The van der Waals surface area contributed by atoms with Crippen molar-refractivity contribution in [1.29, 1.82) is 0 Å². The number of carbonyl (C=O) groups is 1. The van der Waals surface area contributed by atoms with Crippen molar-refractivity contribution in [3.63, 3.8) is 0 Å². The van der Waals surface area contributed by atoms with Crippen LogP contribution in [0.3, 0.4) is 0 Å². The number of halogens is 1. The van der Waals surface area contributed by atoms with Crippen LogP contribution < -0.4 is 16.1 Å². The summed E-state index contributed by atoms with van der Waals surface area (Å²) in [6.45, 7) is 2.00. The standard InChI is InChI=1S/C18H25ClN4O2/c19-15-10-13(6-7-16(24)23-25)11-21-17(15)22-18(8-3-9-20-12-18)14-4-1-2-5-14/h6-7,10-11,14,20,25H,1-5,8-9,12H2,(H,21,22)(H,23,24)/b7-6+/t18-/m0/s1. The summed E-state index contributed by atoms with van der Waals surface area (Å²) in [7, 11) is 0. The Hall–Kier alpha value is -1.63. The van der Waals surface area contributed by atoms with Gasteiger partial charge in [-0.25, -0.2) is 10.5 Å². The number of amides is 1. The van der Waals surface area contributed by atoms with Gasteiger partial charge in [0.05, 0.1) is 10.6 Å². The van der Waals surface area contributed by atoms with Crippen LogP contribution in [0.2, 0.25) is 5.02 Å². The van der Waals surface area contributed by atoms with Crippen molar-refractivity contribution >= 4 is 29.4 Å². The highest BCUT2D eigenvalue weighted by molar-refractivity contribution is 6.33. The highest BCUT2D eigenvalue weighted by atomic mass is 35.5. The number of nitrogens with one attached hydrogen (secondary N) is 3. The predicted octanol–water partition coefficient (Wildman–Crippen LogP) is 2.98. The smallest absolute Gasteiger partial charge is 0.267 e. The Bertz CT molecular complexity index is 638. The average Bonchev–Trinajstić information content (AvgIpc) is 3.18. The Labute approximate surface area is 153 Å². The summed E-state index contributed by atoms with van der Waals surface area (Å²) >= 11 is 6.44. The molecule has 1 amide bonds. The van der Waals surface area contributed by atoms with Crippen molar-refractivity contribution in [1.82, 2.24) is 15.8 Å². The monoisotopic (exact) mass is 364 g/mol. The number of carbonyl (C=O) groups excluding carboxylic acids is 1. The lowest BCUT2D eigenvalue weighted by molar-refractivity contribution is -0.124.